The maximum Gasteiger partial charge on any atom is 0.0525 e. The van der Waals surface area contributed by atoms with E-state index in [0.29, 0.717) is 12.0 Å². The van der Waals surface area contributed by atoms with Gasteiger partial charge in [-0.15, -0.1) is 0 Å². The number of nitrogens with one attached hydrogen (secondary N) is 1. The summed E-state index contributed by atoms with van der Waals surface area (Å²) in [4.78, 5) is 2.43. The van der Waals surface area contributed by atoms with Gasteiger partial charge in [0.2, 0.25) is 0 Å². The van der Waals surface area contributed by atoms with Crippen LogP contribution in [0, 0.1) is 5.92 Å². The van der Waals surface area contributed by atoms with E-state index in [4.69, 9.17) is 11.6 Å². The van der Waals surface area contributed by atoms with Crippen molar-refractivity contribution in [2.24, 2.45) is 5.92 Å². The fraction of sp³-hybridized carbons (Fsp3) is 0.571. The van der Waals surface area contributed by atoms with E-state index in [1.165, 1.54) is 12.1 Å². The van der Waals surface area contributed by atoms with Crippen LogP contribution in [0.1, 0.15) is 20.3 Å². The molecule has 18 heavy (non-hydrogen) atoms. The van der Waals surface area contributed by atoms with Crippen LogP contribution >= 0.6 is 27.5 Å². The molecule has 0 spiro atoms. The van der Waals surface area contributed by atoms with Crippen LogP contribution in [0.2, 0.25) is 5.02 Å². The Labute approximate surface area is 123 Å². The van der Waals surface area contributed by atoms with E-state index in [1.807, 2.05) is 18.2 Å². The Kier molecular flexibility index (Phi) is 4.93. The Morgan fingerprint density at radius 3 is 2.94 bits per heavy atom. The zero-order valence-electron chi connectivity index (χ0n) is 10.9. The number of piperidine rings is 1. The number of anilines is 1. The SMILES string of the molecule is CCNC1CCN(c2cc(Cl)ccc2Br)CC1C. The van der Waals surface area contributed by atoms with Gasteiger partial charge in [-0.25, -0.2) is 0 Å². The molecule has 1 aliphatic rings. The lowest BCUT2D eigenvalue weighted by atomic mass is 9.93. The molecule has 0 amide bonds. The highest BCUT2D eigenvalue weighted by Gasteiger charge is 2.26. The molecular formula is C14H20BrClN2. The molecule has 4 heteroatoms. The highest BCUT2D eigenvalue weighted by molar-refractivity contribution is 9.10. The number of hydrogen-bond donors (Lipinski definition) is 1. The van der Waals surface area contributed by atoms with Gasteiger partial charge in [0.1, 0.15) is 0 Å². The molecule has 0 saturated carbocycles. The van der Waals surface area contributed by atoms with Crippen molar-refractivity contribution in [2.45, 2.75) is 26.3 Å². The minimum Gasteiger partial charge on any atom is -0.370 e. The van der Waals surface area contributed by atoms with Crippen molar-refractivity contribution < 1.29 is 0 Å². The molecule has 1 aromatic rings. The molecule has 1 heterocycles. The fourth-order valence-corrected chi connectivity index (χ4v) is 3.32. The van der Waals surface area contributed by atoms with Crippen molar-refractivity contribution in [3.63, 3.8) is 0 Å². The first-order valence-corrected chi connectivity index (χ1v) is 7.72. The average Bonchev–Trinajstić information content (AvgIpc) is 2.35. The number of benzene rings is 1. The molecule has 1 aliphatic heterocycles. The van der Waals surface area contributed by atoms with Gasteiger partial charge in [-0.3, -0.25) is 0 Å². The molecule has 100 valence electrons. The predicted molar refractivity (Wildman–Crippen MR) is 82.6 cm³/mol. The molecule has 2 atom stereocenters. The summed E-state index contributed by atoms with van der Waals surface area (Å²) in [5.41, 5.74) is 1.21. The lowest BCUT2D eigenvalue weighted by molar-refractivity contribution is 0.326. The largest absolute Gasteiger partial charge is 0.370 e. The first-order chi connectivity index (χ1) is 8.61. The summed E-state index contributed by atoms with van der Waals surface area (Å²) >= 11 is 9.71. The van der Waals surface area contributed by atoms with Gasteiger partial charge in [0.05, 0.1) is 5.69 Å². The molecule has 2 rings (SSSR count). The summed E-state index contributed by atoms with van der Waals surface area (Å²) in [7, 11) is 0. The summed E-state index contributed by atoms with van der Waals surface area (Å²) in [6, 6.07) is 6.64. The smallest absolute Gasteiger partial charge is 0.0525 e. The Balaban J connectivity index is 2.10. The van der Waals surface area contributed by atoms with Gasteiger partial charge in [0, 0.05) is 28.6 Å². The van der Waals surface area contributed by atoms with Gasteiger partial charge in [0.25, 0.3) is 0 Å². The standard InChI is InChI=1S/C14H20BrClN2/c1-3-17-13-6-7-18(9-10(13)2)14-8-11(16)4-5-12(14)15/h4-5,8,10,13,17H,3,6-7,9H2,1-2H3. The van der Waals surface area contributed by atoms with E-state index >= 15 is 0 Å². The molecule has 1 saturated heterocycles. The van der Waals surface area contributed by atoms with Gasteiger partial charge in [-0.1, -0.05) is 25.4 Å². The van der Waals surface area contributed by atoms with Crippen LogP contribution in [-0.2, 0) is 0 Å². The second-order valence-electron chi connectivity index (χ2n) is 4.97. The van der Waals surface area contributed by atoms with Crippen molar-refractivity contribution in [3.05, 3.63) is 27.7 Å². The number of nitrogens with zero attached hydrogens (tertiary/aromatic N) is 1. The van der Waals surface area contributed by atoms with E-state index in [1.54, 1.807) is 0 Å². The molecule has 0 aliphatic carbocycles. The van der Waals surface area contributed by atoms with E-state index in [2.05, 4.69) is 40.0 Å². The summed E-state index contributed by atoms with van der Waals surface area (Å²) in [6.07, 6.45) is 1.19. The maximum atomic E-state index is 6.09. The molecule has 2 unspecified atom stereocenters. The Morgan fingerprint density at radius 2 is 2.28 bits per heavy atom. The third-order valence-corrected chi connectivity index (χ3v) is 4.53. The quantitative estimate of drug-likeness (QED) is 0.903. The first-order valence-electron chi connectivity index (χ1n) is 6.55. The second kappa shape index (κ2) is 6.27. The number of hydrogen-bond acceptors (Lipinski definition) is 2. The monoisotopic (exact) mass is 330 g/mol. The summed E-state index contributed by atoms with van der Waals surface area (Å²) < 4.78 is 1.13. The van der Waals surface area contributed by atoms with Gasteiger partial charge in [0.15, 0.2) is 0 Å². The molecule has 0 bridgehead atoms. The van der Waals surface area contributed by atoms with Crippen molar-refractivity contribution in [1.29, 1.82) is 0 Å². The van der Waals surface area contributed by atoms with Crippen molar-refractivity contribution >= 4 is 33.2 Å². The topological polar surface area (TPSA) is 15.3 Å². The molecule has 1 N–H and O–H groups in total. The van der Waals surface area contributed by atoms with Crippen molar-refractivity contribution in [2.75, 3.05) is 24.5 Å². The highest BCUT2D eigenvalue weighted by atomic mass is 79.9. The Bertz CT molecular complexity index is 411. The second-order valence-corrected chi connectivity index (χ2v) is 6.26. The van der Waals surface area contributed by atoms with Gasteiger partial charge >= 0.3 is 0 Å². The Morgan fingerprint density at radius 1 is 1.50 bits per heavy atom. The van der Waals surface area contributed by atoms with E-state index in [9.17, 15) is 0 Å². The lowest BCUT2D eigenvalue weighted by Gasteiger charge is -2.39. The molecule has 0 radical (unpaired) electrons. The van der Waals surface area contributed by atoms with E-state index in [0.717, 1.165) is 29.1 Å². The highest BCUT2D eigenvalue weighted by Crippen LogP contribution is 2.32. The first kappa shape index (κ1) is 14.2. The van der Waals surface area contributed by atoms with Crippen LogP contribution in [0.4, 0.5) is 5.69 Å². The lowest BCUT2D eigenvalue weighted by Crippen LogP contribution is -2.48. The minimum absolute atomic E-state index is 0.643. The predicted octanol–water partition coefficient (Wildman–Crippen LogP) is 3.93. The van der Waals surface area contributed by atoms with Crippen LogP contribution in [-0.4, -0.2) is 25.7 Å². The summed E-state index contributed by atoms with van der Waals surface area (Å²) in [5.74, 6) is 0.657. The normalized spacial score (nSPS) is 24.3. The van der Waals surface area contributed by atoms with Crippen LogP contribution in [0.25, 0.3) is 0 Å². The average molecular weight is 332 g/mol. The minimum atomic E-state index is 0.643. The van der Waals surface area contributed by atoms with Crippen LogP contribution in [0.3, 0.4) is 0 Å². The Hall–Kier alpha value is -0.250. The van der Waals surface area contributed by atoms with Crippen LogP contribution in [0.15, 0.2) is 22.7 Å². The third-order valence-electron chi connectivity index (χ3n) is 3.62. The maximum absolute atomic E-state index is 6.09. The zero-order valence-corrected chi connectivity index (χ0v) is 13.3. The van der Waals surface area contributed by atoms with Crippen LogP contribution in [0.5, 0.6) is 0 Å². The van der Waals surface area contributed by atoms with Gasteiger partial charge in [-0.2, -0.15) is 0 Å². The molecular weight excluding hydrogens is 312 g/mol. The molecule has 1 aromatic carbocycles. The summed E-state index contributed by atoms with van der Waals surface area (Å²) in [5, 5.41) is 4.37. The van der Waals surface area contributed by atoms with Crippen LogP contribution < -0.4 is 10.2 Å². The fourth-order valence-electron chi connectivity index (χ4n) is 2.66. The van der Waals surface area contributed by atoms with Crippen molar-refractivity contribution in [3.8, 4) is 0 Å². The van der Waals surface area contributed by atoms with Crippen molar-refractivity contribution in [1.82, 2.24) is 5.32 Å². The van der Waals surface area contributed by atoms with E-state index < -0.39 is 0 Å². The number of rotatable bonds is 3. The third kappa shape index (κ3) is 3.19. The number of halogens is 2. The summed E-state index contributed by atoms with van der Waals surface area (Å²) in [6.45, 7) is 7.71. The molecule has 0 aromatic heterocycles. The molecule has 2 nitrogen and oxygen atoms in total. The van der Waals surface area contributed by atoms with Gasteiger partial charge < -0.3 is 10.2 Å². The zero-order chi connectivity index (χ0) is 13.1. The molecule has 1 fully saturated rings. The van der Waals surface area contributed by atoms with Gasteiger partial charge in [-0.05, 0) is 53.0 Å². The van der Waals surface area contributed by atoms with E-state index in [-0.39, 0.29) is 0 Å².